The normalized spacial score (nSPS) is 10.6. The van der Waals surface area contributed by atoms with Gasteiger partial charge < -0.3 is 4.42 Å². The van der Waals surface area contributed by atoms with Gasteiger partial charge in [-0.2, -0.15) is 0 Å². The first-order valence-corrected chi connectivity index (χ1v) is 6.76. The molecule has 0 atom stereocenters. The van der Waals surface area contributed by atoms with E-state index in [9.17, 15) is 13.6 Å². The standard InChI is InChI=1S/C15H8ClF2N3O2/c16-9-3-1-2-8(6-9)14-20-21-15(23-14)19-13(22)11-5-4-10(17)7-12(11)18/h1-7H,(H,19,21,22). The van der Waals surface area contributed by atoms with Crippen molar-refractivity contribution in [2.24, 2.45) is 0 Å². The number of rotatable bonds is 3. The Bertz CT molecular complexity index is 883. The quantitative estimate of drug-likeness (QED) is 0.787. The Kier molecular flexibility index (Phi) is 4.03. The maximum atomic E-state index is 13.5. The third kappa shape index (κ3) is 3.35. The van der Waals surface area contributed by atoms with Gasteiger partial charge in [0.05, 0.1) is 5.56 Å². The minimum Gasteiger partial charge on any atom is -0.403 e. The number of hydrogen-bond acceptors (Lipinski definition) is 4. The van der Waals surface area contributed by atoms with Crippen molar-refractivity contribution in [3.63, 3.8) is 0 Å². The smallest absolute Gasteiger partial charge is 0.322 e. The van der Waals surface area contributed by atoms with E-state index in [1.807, 2.05) is 0 Å². The summed E-state index contributed by atoms with van der Waals surface area (Å²) in [4.78, 5) is 11.9. The van der Waals surface area contributed by atoms with E-state index in [2.05, 4.69) is 15.5 Å². The summed E-state index contributed by atoms with van der Waals surface area (Å²) in [6, 6.07) is 9.09. The van der Waals surface area contributed by atoms with Gasteiger partial charge in [0, 0.05) is 16.7 Å². The molecule has 0 aliphatic heterocycles. The van der Waals surface area contributed by atoms with Gasteiger partial charge in [0.1, 0.15) is 11.6 Å². The van der Waals surface area contributed by atoms with E-state index in [1.165, 1.54) is 0 Å². The van der Waals surface area contributed by atoms with Crippen molar-refractivity contribution in [2.45, 2.75) is 0 Å². The Morgan fingerprint density at radius 2 is 1.96 bits per heavy atom. The highest BCUT2D eigenvalue weighted by molar-refractivity contribution is 6.30. The molecule has 3 rings (SSSR count). The third-order valence-electron chi connectivity index (χ3n) is 2.89. The molecule has 116 valence electrons. The fourth-order valence-electron chi connectivity index (χ4n) is 1.85. The van der Waals surface area contributed by atoms with Gasteiger partial charge in [-0.1, -0.05) is 22.8 Å². The molecule has 0 spiro atoms. The lowest BCUT2D eigenvalue weighted by Crippen LogP contribution is -2.14. The molecule has 23 heavy (non-hydrogen) atoms. The van der Waals surface area contributed by atoms with Gasteiger partial charge >= 0.3 is 6.01 Å². The Morgan fingerprint density at radius 1 is 1.13 bits per heavy atom. The molecule has 0 bridgehead atoms. The molecule has 1 amide bonds. The molecule has 0 aliphatic carbocycles. The van der Waals surface area contributed by atoms with E-state index < -0.39 is 17.5 Å². The van der Waals surface area contributed by atoms with Crippen LogP contribution in [0.2, 0.25) is 5.02 Å². The Morgan fingerprint density at radius 3 is 2.70 bits per heavy atom. The second-order valence-electron chi connectivity index (χ2n) is 4.50. The topological polar surface area (TPSA) is 68.0 Å². The first-order chi connectivity index (χ1) is 11.0. The lowest BCUT2D eigenvalue weighted by Gasteiger charge is -2.02. The molecular formula is C15H8ClF2N3O2. The number of halogens is 3. The molecule has 0 saturated carbocycles. The van der Waals surface area contributed by atoms with Gasteiger partial charge in [0.15, 0.2) is 0 Å². The van der Waals surface area contributed by atoms with E-state index in [4.69, 9.17) is 16.0 Å². The molecule has 2 aromatic carbocycles. The number of amides is 1. The predicted molar refractivity (Wildman–Crippen MR) is 79.1 cm³/mol. The van der Waals surface area contributed by atoms with Crippen LogP contribution in [0.3, 0.4) is 0 Å². The second-order valence-corrected chi connectivity index (χ2v) is 4.94. The average molecular weight is 336 g/mol. The number of carbonyl (C=O) groups is 1. The summed E-state index contributed by atoms with van der Waals surface area (Å²) < 4.78 is 31.6. The first-order valence-electron chi connectivity index (χ1n) is 6.39. The van der Waals surface area contributed by atoms with Gasteiger partial charge in [-0.05, 0) is 30.3 Å². The van der Waals surface area contributed by atoms with Gasteiger partial charge in [0.2, 0.25) is 5.89 Å². The van der Waals surface area contributed by atoms with Crippen LogP contribution in [-0.2, 0) is 0 Å². The van der Waals surface area contributed by atoms with Crippen LogP contribution in [0.5, 0.6) is 0 Å². The van der Waals surface area contributed by atoms with E-state index >= 15 is 0 Å². The van der Waals surface area contributed by atoms with Crippen LogP contribution in [0.4, 0.5) is 14.8 Å². The minimum atomic E-state index is -0.989. The Balaban J connectivity index is 1.80. The van der Waals surface area contributed by atoms with Crippen molar-refractivity contribution in [3.8, 4) is 11.5 Å². The number of nitrogens with one attached hydrogen (secondary N) is 1. The van der Waals surface area contributed by atoms with Gasteiger partial charge in [-0.3, -0.25) is 10.1 Å². The number of hydrogen-bond donors (Lipinski definition) is 1. The van der Waals surface area contributed by atoms with Crippen LogP contribution < -0.4 is 5.32 Å². The number of benzene rings is 2. The fourth-order valence-corrected chi connectivity index (χ4v) is 2.04. The third-order valence-corrected chi connectivity index (χ3v) is 3.13. The molecule has 0 unspecified atom stereocenters. The summed E-state index contributed by atoms with van der Waals surface area (Å²) in [5, 5.41) is 10.1. The maximum absolute atomic E-state index is 13.5. The molecule has 1 N–H and O–H groups in total. The van der Waals surface area contributed by atoms with E-state index in [0.717, 1.165) is 12.1 Å². The van der Waals surface area contributed by atoms with E-state index in [0.29, 0.717) is 16.7 Å². The zero-order valence-corrected chi connectivity index (χ0v) is 12.1. The zero-order chi connectivity index (χ0) is 16.4. The lowest BCUT2D eigenvalue weighted by atomic mass is 10.2. The van der Waals surface area contributed by atoms with Crippen molar-refractivity contribution in [2.75, 3.05) is 5.32 Å². The number of nitrogens with zero attached hydrogens (tertiary/aromatic N) is 2. The zero-order valence-electron chi connectivity index (χ0n) is 11.4. The molecule has 1 heterocycles. The average Bonchev–Trinajstić information content (AvgIpc) is 2.95. The molecule has 1 aromatic heterocycles. The minimum absolute atomic E-state index is 0.141. The molecule has 5 nitrogen and oxygen atoms in total. The van der Waals surface area contributed by atoms with Crippen molar-refractivity contribution in [1.82, 2.24) is 10.2 Å². The predicted octanol–water partition coefficient (Wildman–Crippen LogP) is 3.92. The number of anilines is 1. The molecular weight excluding hydrogens is 328 g/mol. The fraction of sp³-hybridized carbons (Fsp3) is 0. The molecule has 0 aliphatic rings. The van der Waals surface area contributed by atoms with E-state index in [-0.39, 0.29) is 17.5 Å². The van der Waals surface area contributed by atoms with Crippen LogP contribution in [0, 0.1) is 11.6 Å². The van der Waals surface area contributed by atoms with Gasteiger partial charge in [-0.25, -0.2) is 8.78 Å². The van der Waals surface area contributed by atoms with Gasteiger partial charge in [-0.15, -0.1) is 5.10 Å². The molecule has 0 radical (unpaired) electrons. The summed E-state index contributed by atoms with van der Waals surface area (Å²) in [7, 11) is 0. The first kappa shape index (κ1) is 15.1. The van der Waals surface area contributed by atoms with Gasteiger partial charge in [0.25, 0.3) is 5.91 Å². The Hall–Kier alpha value is -2.80. The monoisotopic (exact) mass is 335 g/mol. The largest absolute Gasteiger partial charge is 0.403 e. The van der Waals surface area contributed by atoms with Crippen molar-refractivity contribution in [1.29, 1.82) is 0 Å². The summed E-state index contributed by atoms with van der Waals surface area (Å²) in [5.74, 6) is -2.46. The maximum Gasteiger partial charge on any atom is 0.322 e. The molecule has 8 heteroatoms. The number of aromatic nitrogens is 2. The highest BCUT2D eigenvalue weighted by atomic mass is 35.5. The van der Waals surface area contributed by atoms with Crippen LogP contribution in [0.1, 0.15) is 10.4 Å². The highest BCUT2D eigenvalue weighted by Crippen LogP contribution is 2.23. The molecule has 0 saturated heterocycles. The summed E-state index contributed by atoms with van der Waals surface area (Å²) >= 11 is 5.86. The summed E-state index contributed by atoms with van der Waals surface area (Å²) in [6.45, 7) is 0. The highest BCUT2D eigenvalue weighted by Gasteiger charge is 2.16. The van der Waals surface area contributed by atoms with Crippen molar-refractivity contribution < 1.29 is 18.0 Å². The van der Waals surface area contributed by atoms with Crippen molar-refractivity contribution >= 4 is 23.5 Å². The number of carbonyl (C=O) groups excluding carboxylic acids is 1. The lowest BCUT2D eigenvalue weighted by molar-refractivity contribution is 0.102. The van der Waals surface area contributed by atoms with E-state index in [1.54, 1.807) is 24.3 Å². The summed E-state index contributed by atoms with van der Waals surface area (Å²) in [6.07, 6.45) is 0. The SMILES string of the molecule is O=C(Nc1nnc(-c2cccc(Cl)c2)o1)c1ccc(F)cc1F. The molecule has 3 aromatic rings. The van der Waals surface area contributed by atoms with Crippen LogP contribution >= 0.6 is 11.6 Å². The molecule has 0 fully saturated rings. The van der Waals surface area contributed by atoms with Crippen LogP contribution in [0.15, 0.2) is 46.9 Å². The van der Waals surface area contributed by atoms with Crippen LogP contribution in [0.25, 0.3) is 11.5 Å². The second kappa shape index (κ2) is 6.13. The summed E-state index contributed by atoms with van der Waals surface area (Å²) in [5.41, 5.74) is 0.229. The van der Waals surface area contributed by atoms with Crippen molar-refractivity contribution in [3.05, 3.63) is 64.7 Å². The Labute approximate surface area is 133 Å². The van der Waals surface area contributed by atoms with Crippen LogP contribution in [-0.4, -0.2) is 16.1 Å².